The number of rotatable bonds is 4. The van der Waals surface area contributed by atoms with Crippen LogP contribution in [0.3, 0.4) is 0 Å². The highest BCUT2D eigenvalue weighted by Gasteiger charge is 2.30. The molecule has 0 spiro atoms. The second-order valence-electron chi connectivity index (χ2n) is 6.81. The summed E-state index contributed by atoms with van der Waals surface area (Å²) >= 11 is 3.92. The number of aryl methyl sites for hydroxylation is 1. The van der Waals surface area contributed by atoms with Crippen LogP contribution in [0.25, 0.3) is 22.2 Å². The lowest BCUT2D eigenvalue weighted by molar-refractivity contribution is 0.340. The monoisotopic (exact) mass is 403 g/mol. The van der Waals surface area contributed by atoms with Crippen molar-refractivity contribution in [3.63, 3.8) is 0 Å². The second kappa shape index (κ2) is 7.26. The smallest absolute Gasteiger partial charge is 0.119 e. The molecule has 4 aromatic rings. The van der Waals surface area contributed by atoms with E-state index in [2.05, 4.69) is 84.4 Å². The van der Waals surface area contributed by atoms with Crippen molar-refractivity contribution in [2.24, 2.45) is 7.05 Å². The minimum atomic E-state index is 0.352. The van der Waals surface area contributed by atoms with Crippen LogP contribution in [0.1, 0.15) is 17.1 Å². The first-order valence-electron chi connectivity index (χ1n) is 9.49. The quantitative estimate of drug-likeness (QED) is 0.360. The molecule has 4 heteroatoms. The van der Waals surface area contributed by atoms with Crippen LogP contribution in [0.4, 0.5) is 0 Å². The second-order valence-corrected chi connectivity index (χ2v) is 9.40. The SMILES string of the molecule is CCOc1ccc(-c2c(C3Sc4ccccc4S3)c3ccccc3n2C)cc1. The Morgan fingerprint density at radius 3 is 2.18 bits per heavy atom. The summed E-state index contributed by atoms with van der Waals surface area (Å²) in [5.74, 6) is 0.920. The summed E-state index contributed by atoms with van der Waals surface area (Å²) in [5.41, 5.74) is 5.21. The zero-order valence-electron chi connectivity index (χ0n) is 15.9. The Balaban J connectivity index is 1.67. The molecule has 5 rings (SSSR count). The number of fused-ring (bicyclic) bond motifs is 2. The van der Waals surface area contributed by atoms with Gasteiger partial charge in [0.1, 0.15) is 5.75 Å². The summed E-state index contributed by atoms with van der Waals surface area (Å²) in [6, 6.07) is 26.0. The van der Waals surface area contributed by atoms with Crippen LogP contribution in [0.2, 0.25) is 0 Å². The van der Waals surface area contributed by atoms with Crippen molar-refractivity contribution in [3.8, 4) is 17.0 Å². The van der Waals surface area contributed by atoms with Crippen molar-refractivity contribution >= 4 is 34.4 Å². The van der Waals surface area contributed by atoms with Gasteiger partial charge in [-0.1, -0.05) is 30.3 Å². The molecule has 140 valence electrons. The van der Waals surface area contributed by atoms with Gasteiger partial charge in [-0.15, -0.1) is 23.5 Å². The largest absolute Gasteiger partial charge is 0.494 e. The Hall–Kier alpha value is -2.30. The summed E-state index contributed by atoms with van der Waals surface area (Å²) in [5, 5.41) is 1.34. The Morgan fingerprint density at radius 1 is 0.857 bits per heavy atom. The third-order valence-corrected chi connectivity index (χ3v) is 7.96. The van der Waals surface area contributed by atoms with E-state index >= 15 is 0 Å². The molecule has 1 aromatic heterocycles. The van der Waals surface area contributed by atoms with Gasteiger partial charge >= 0.3 is 0 Å². The van der Waals surface area contributed by atoms with E-state index in [0.29, 0.717) is 11.2 Å². The molecule has 0 N–H and O–H groups in total. The normalized spacial score (nSPS) is 13.8. The molecule has 0 aliphatic carbocycles. The van der Waals surface area contributed by atoms with Crippen molar-refractivity contribution in [2.45, 2.75) is 21.3 Å². The van der Waals surface area contributed by atoms with Crippen molar-refractivity contribution < 1.29 is 4.74 Å². The lowest BCUT2D eigenvalue weighted by Crippen LogP contribution is -1.96. The molecular formula is C24H21NOS2. The van der Waals surface area contributed by atoms with E-state index in [1.54, 1.807) is 0 Å². The molecule has 0 fully saturated rings. The molecule has 2 nitrogen and oxygen atoms in total. The first kappa shape index (κ1) is 17.8. The lowest BCUT2D eigenvalue weighted by atomic mass is 10.1. The van der Waals surface area contributed by atoms with Gasteiger partial charge in [-0.3, -0.25) is 0 Å². The number of ether oxygens (including phenoxy) is 1. The summed E-state index contributed by atoms with van der Waals surface area (Å²) < 4.78 is 8.33. The van der Waals surface area contributed by atoms with E-state index in [-0.39, 0.29) is 0 Å². The van der Waals surface area contributed by atoms with Gasteiger partial charge in [0.15, 0.2) is 0 Å². The minimum Gasteiger partial charge on any atom is -0.494 e. The van der Waals surface area contributed by atoms with Gasteiger partial charge in [0.25, 0.3) is 0 Å². The van der Waals surface area contributed by atoms with Crippen LogP contribution < -0.4 is 4.74 Å². The lowest BCUT2D eigenvalue weighted by Gasteiger charge is -2.13. The van der Waals surface area contributed by atoms with Gasteiger partial charge in [0.2, 0.25) is 0 Å². The maximum atomic E-state index is 5.64. The Bertz CT molecular complexity index is 1120. The number of nitrogens with zero attached hydrogens (tertiary/aromatic N) is 1. The van der Waals surface area contributed by atoms with Crippen molar-refractivity contribution in [3.05, 3.63) is 78.4 Å². The maximum absolute atomic E-state index is 5.64. The highest BCUT2D eigenvalue weighted by Crippen LogP contribution is 2.59. The molecule has 1 aliphatic heterocycles. The molecular weight excluding hydrogens is 382 g/mol. The number of aromatic nitrogens is 1. The van der Waals surface area contributed by atoms with Gasteiger partial charge in [0.05, 0.1) is 16.9 Å². The fourth-order valence-corrected chi connectivity index (χ4v) is 6.86. The van der Waals surface area contributed by atoms with E-state index in [0.717, 1.165) is 5.75 Å². The summed E-state index contributed by atoms with van der Waals surface area (Å²) in [6.07, 6.45) is 0. The zero-order valence-corrected chi connectivity index (χ0v) is 17.5. The first-order valence-corrected chi connectivity index (χ1v) is 11.2. The van der Waals surface area contributed by atoms with Crippen LogP contribution in [0, 0.1) is 0 Å². The molecule has 0 saturated heterocycles. The third-order valence-electron chi connectivity index (χ3n) is 5.14. The summed E-state index contributed by atoms with van der Waals surface area (Å²) in [6.45, 7) is 2.70. The van der Waals surface area contributed by atoms with Gasteiger partial charge in [-0.25, -0.2) is 0 Å². The number of thioether (sulfide) groups is 2. The van der Waals surface area contributed by atoms with Crippen molar-refractivity contribution in [1.82, 2.24) is 4.57 Å². The van der Waals surface area contributed by atoms with Crippen LogP contribution in [-0.2, 0) is 7.05 Å². The topological polar surface area (TPSA) is 14.2 Å². The minimum absolute atomic E-state index is 0.352. The molecule has 0 unspecified atom stereocenters. The van der Waals surface area contributed by atoms with E-state index < -0.39 is 0 Å². The Morgan fingerprint density at radius 2 is 1.50 bits per heavy atom. The highest BCUT2D eigenvalue weighted by molar-refractivity contribution is 8.19. The molecule has 0 radical (unpaired) electrons. The average molecular weight is 404 g/mol. The first-order chi connectivity index (χ1) is 13.8. The van der Waals surface area contributed by atoms with Gasteiger partial charge < -0.3 is 9.30 Å². The van der Waals surface area contributed by atoms with E-state index in [4.69, 9.17) is 4.74 Å². The molecule has 0 atom stereocenters. The van der Waals surface area contributed by atoms with E-state index in [9.17, 15) is 0 Å². The van der Waals surface area contributed by atoms with Gasteiger partial charge in [-0.05, 0) is 55.0 Å². The van der Waals surface area contributed by atoms with Crippen molar-refractivity contribution in [1.29, 1.82) is 0 Å². The molecule has 0 bridgehead atoms. The fraction of sp³-hybridized carbons (Fsp3) is 0.167. The Kier molecular flexibility index (Phi) is 4.61. The van der Waals surface area contributed by atoms with Crippen LogP contribution >= 0.6 is 23.5 Å². The maximum Gasteiger partial charge on any atom is 0.119 e. The number of hydrogen-bond acceptors (Lipinski definition) is 3. The molecule has 1 aliphatic rings. The van der Waals surface area contributed by atoms with Crippen LogP contribution in [0.15, 0.2) is 82.6 Å². The number of para-hydroxylation sites is 1. The summed E-state index contributed by atoms with van der Waals surface area (Å²) in [4.78, 5) is 2.76. The third kappa shape index (κ3) is 2.92. The van der Waals surface area contributed by atoms with Crippen molar-refractivity contribution in [2.75, 3.05) is 6.61 Å². The van der Waals surface area contributed by atoms with Crippen LogP contribution in [-0.4, -0.2) is 11.2 Å². The molecule has 0 amide bonds. The summed E-state index contributed by atoms with van der Waals surface area (Å²) in [7, 11) is 2.18. The predicted octanol–water partition coefficient (Wildman–Crippen LogP) is 7.14. The predicted molar refractivity (Wildman–Crippen MR) is 120 cm³/mol. The fourth-order valence-electron chi connectivity index (χ4n) is 3.90. The number of benzene rings is 3. The zero-order chi connectivity index (χ0) is 19.1. The van der Waals surface area contributed by atoms with Gasteiger partial charge in [0, 0.05) is 33.3 Å². The standard InChI is InChI=1S/C24H21NOS2/c1-3-26-17-14-12-16(13-15-17)23-22(18-8-4-5-9-19(18)25(23)2)24-27-20-10-6-7-11-21(20)28-24/h4-15,24H,3H2,1-2H3. The molecule has 2 heterocycles. The number of hydrogen-bond donors (Lipinski definition) is 0. The average Bonchev–Trinajstić information content (AvgIpc) is 3.28. The Labute approximate surface area is 173 Å². The molecule has 0 saturated carbocycles. The van der Waals surface area contributed by atoms with Gasteiger partial charge in [-0.2, -0.15) is 0 Å². The highest BCUT2D eigenvalue weighted by atomic mass is 32.2. The van der Waals surface area contributed by atoms with E-state index in [1.165, 1.54) is 37.5 Å². The van der Waals surface area contributed by atoms with E-state index in [1.807, 2.05) is 30.4 Å². The molecule has 28 heavy (non-hydrogen) atoms. The van der Waals surface area contributed by atoms with Crippen LogP contribution in [0.5, 0.6) is 5.75 Å². The molecule has 3 aromatic carbocycles.